The van der Waals surface area contributed by atoms with Crippen LogP contribution in [0.25, 0.3) is 16.8 Å². The van der Waals surface area contributed by atoms with Gasteiger partial charge in [-0.3, -0.25) is 4.40 Å². The van der Waals surface area contributed by atoms with Crippen molar-refractivity contribution >= 4 is 31.6 Å². The number of hydrogen-bond donors (Lipinski definition) is 1. The van der Waals surface area contributed by atoms with E-state index in [-0.39, 0.29) is 35.6 Å². The van der Waals surface area contributed by atoms with Gasteiger partial charge in [0, 0.05) is 36.9 Å². The molecule has 1 aliphatic heterocycles. The maximum atomic E-state index is 13.3. The Labute approximate surface area is 228 Å². The van der Waals surface area contributed by atoms with Crippen molar-refractivity contribution < 1.29 is 27.8 Å². The third-order valence-corrected chi connectivity index (χ3v) is 9.93. The topological polar surface area (TPSA) is 79.6 Å². The number of halogens is 5. The molecule has 1 saturated heterocycles. The second-order valence-corrected chi connectivity index (χ2v) is 14.6. The monoisotopic (exact) mass is 601 g/mol. The zero-order valence-corrected chi connectivity index (χ0v) is 23.3. The summed E-state index contributed by atoms with van der Waals surface area (Å²) in [6.07, 6.45) is 2.52. The van der Waals surface area contributed by atoms with Crippen LogP contribution in [0.2, 0.25) is 0 Å². The molecule has 40 heavy (non-hydrogen) atoms. The molecule has 1 N–H and O–H groups in total. The van der Waals surface area contributed by atoms with Crippen molar-refractivity contribution in [2.24, 2.45) is 0 Å². The number of hydrogen-bond acceptors (Lipinski definition) is 5. The maximum Gasteiger partial charge on any atom is 0.310 e. The molecule has 0 spiro atoms. The lowest BCUT2D eigenvalue weighted by Crippen LogP contribution is -2.42. The molecule has 0 atom stereocenters. The molecular formula is C26H28F5N5O2S2. The lowest BCUT2D eigenvalue weighted by Gasteiger charge is -2.40. The molecule has 7 nitrogen and oxygen atoms in total. The third kappa shape index (κ3) is 5.79. The zero-order chi connectivity index (χ0) is 29.0. The Morgan fingerprint density at radius 3 is 2.17 bits per heavy atom. The fraction of sp³-hybridized carbons (Fsp3) is 0.308. The Morgan fingerprint density at radius 1 is 0.900 bits per heavy atom. The molecule has 0 amide bonds. The molecule has 2 aromatic carbocycles. The van der Waals surface area contributed by atoms with E-state index in [0.29, 0.717) is 25.0 Å². The predicted octanol–water partition coefficient (Wildman–Crippen LogP) is 7.44. The van der Waals surface area contributed by atoms with Gasteiger partial charge in [-0.1, -0.05) is 51.5 Å². The van der Waals surface area contributed by atoms with Crippen molar-refractivity contribution in [1.29, 1.82) is 0 Å². The highest BCUT2D eigenvalue weighted by Gasteiger charge is 2.65. The van der Waals surface area contributed by atoms with Crippen molar-refractivity contribution in [2.75, 3.05) is 18.4 Å². The first kappa shape index (κ1) is 28.3. The Bertz CT molecular complexity index is 1670. The lowest BCUT2D eigenvalue weighted by atomic mass is 10.1. The molecule has 0 saturated carbocycles. The predicted molar refractivity (Wildman–Crippen MR) is 146 cm³/mol. The fourth-order valence-corrected chi connectivity index (χ4v) is 6.90. The van der Waals surface area contributed by atoms with Gasteiger partial charge in [-0.15, -0.1) is 10.2 Å². The lowest BCUT2D eigenvalue weighted by molar-refractivity contribution is 0.329. The average molecular weight is 602 g/mol. The quantitative estimate of drug-likeness (QED) is 0.223. The van der Waals surface area contributed by atoms with Gasteiger partial charge in [0.2, 0.25) is 10.0 Å². The minimum Gasteiger partial charge on any atom is -0.382 e. The molecule has 0 aliphatic carbocycles. The highest BCUT2D eigenvalue weighted by atomic mass is 32.5. The highest BCUT2D eigenvalue weighted by molar-refractivity contribution is 8.45. The number of sulfonamides is 1. The first-order chi connectivity index (χ1) is 18.5. The van der Waals surface area contributed by atoms with Crippen molar-refractivity contribution in [2.45, 2.75) is 48.4 Å². The van der Waals surface area contributed by atoms with Crippen LogP contribution in [0.3, 0.4) is 0 Å². The molecule has 0 radical (unpaired) electrons. The fourth-order valence-electron chi connectivity index (χ4n) is 4.74. The van der Waals surface area contributed by atoms with E-state index in [4.69, 9.17) is 0 Å². The summed E-state index contributed by atoms with van der Waals surface area (Å²) < 4.78 is 95.6. The SMILES string of the molecule is CC(C)c1nnc2ccc(-c3ccc(S(=O)(=O)N4CCC(Nc5cccc(S(F)(F)(F)(F)F)c5)CC4)cc3)cn12. The van der Waals surface area contributed by atoms with Gasteiger partial charge < -0.3 is 5.32 Å². The van der Waals surface area contributed by atoms with Gasteiger partial charge in [-0.25, -0.2) is 8.42 Å². The summed E-state index contributed by atoms with van der Waals surface area (Å²) in [5.41, 5.74) is 2.32. The molecule has 3 heterocycles. The molecule has 0 bridgehead atoms. The van der Waals surface area contributed by atoms with E-state index >= 15 is 0 Å². The van der Waals surface area contributed by atoms with E-state index in [2.05, 4.69) is 15.5 Å². The molecule has 216 valence electrons. The summed E-state index contributed by atoms with van der Waals surface area (Å²) in [4.78, 5) is -1.84. The minimum atomic E-state index is -9.80. The number of piperidine rings is 1. The average Bonchev–Trinajstić information content (AvgIpc) is 3.32. The number of nitrogens with one attached hydrogen (secondary N) is 1. The van der Waals surface area contributed by atoms with Crippen LogP contribution in [-0.2, 0) is 10.0 Å². The van der Waals surface area contributed by atoms with Gasteiger partial charge in [0.15, 0.2) is 5.65 Å². The smallest absolute Gasteiger partial charge is 0.310 e. The standard InChI is InChI=1S/C26H28F5N5O2S2/c1-18(2)26-34-33-25-11-8-20(17-36(25)26)19-6-9-23(10-7-19)39(37,38)35-14-12-21(13-15-35)32-22-4-3-5-24(16-22)40(27,28,29,30)31/h3-11,16-18,21,32H,12-15H2,1-2H3. The van der Waals surface area contributed by atoms with Gasteiger partial charge in [0.25, 0.3) is 0 Å². The van der Waals surface area contributed by atoms with Crippen molar-refractivity contribution in [3.8, 4) is 11.1 Å². The summed E-state index contributed by atoms with van der Waals surface area (Å²) in [6.45, 7) is 4.31. The van der Waals surface area contributed by atoms with Gasteiger partial charge in [-0.05, 0) is 66.4 Å². The van der Waals surface area contributed by atoms with Crippen LogP contribution in [0.4, 0.5) is 25.1 Å². The first-order valence-electron chi connectivity index (χ1n) is 12.6. The van der Waals surface area contributed by atoms with Crippen molar-refractivity contribution in [3.05, 3.63) is 72.7 Å². The van der Waals surface area contributed by atoms with Crippen molar-refractivity contribution in [3.63, 3.8) is 0 Å². The summed E-state index contributed by atoms with van der Waals surface area (Å²) in [6, 6.07) is 12.9. The number of nitrogens with zero attached hydrogens (tertiary/aromatic N) is 4. The van der Waals surface area contributed by atoms with Gasteiger partial charge in [0.05, 0.1) is 4.90 Å². The van der Waals surface area contributed by atoms with E-state index in [1.54, 1.807) is 24.3 Å². The molecule has 1 aliphatic rings. The number of benzene rings is 2. The van der Waals surface area contributed by atoms with E-state index in [9.17, 15) is 27.8 Å². The summed E-state index contributed by atoms with van der Waals surface area (Å²) in [7, 11) is -13.6. The van der Waals surface area contributed by atoms with E-state index in [1.165, 1.54) is 10.4 Å². The second kappa shape index (κ2) is 9.14. The Morgan fingerprint density at radius 2 is 1.55 bits per heavy atom. The Kier molecular flexibility index (Phi) is 6.47. The van der Waals surface area contributed by atoms with Crippen LogP contribution in [0, 0.1) is 0 Å². The molecule has 0 unspecified atom stereocenters. The van der Waals surface area contributed by atoms with E-state index in [1.807, 2.05) is 36.6 Å². The minimum absolute atomic E-state index is 0.0900. The van der Waals surface area contributed by atoms with Crippen molar-refractivity contribution in [1.82, 2.24) is 18.9 Å². The van der Waals surface area contributed by atoms with E-state index in [0.717, 1.165) is 28.7 Å². The summed E-state index contributed by atoms with van der Waals surface area (Å²) >= 11 is 0. The molecular weight excluding hydrogens is 573 g/mol. The Hall–Kier alpha value is -3.23. The first-order valence-corrected chi connectivity index (χ1v) is 16.0. The molecule has 1 fully saturated rings. The van der Waals surface area contributed by atoms with Crippen LogP contribution in [-0.4, -0.2) is 46.5 Å². The van der Waals surface area contributed by atoms with E-state index < -0.39 is 25.1 Å². The largest absolute Gasteiger partial charge is 0.382 e. The zero-order valence-electron chi connectivity index (χ0n) is 21.6. The number of aromatic nitrogens is 3. The van der Waals surface area contributed by atoms with Crippen LogP contribution in [0.1, 0.15) is 38.4 Å². The number of pyridine rings is 1. The normalized spacial score (nSPS) is 17.6. The Balaban J connectivity index is 1.26. The third-order valence-electron chi connectivity index (χ3n) is 6.87. The number of rotatable bonds is 7. The maximum absolute atomic E-state index is 13.3. The number of anilines is 1. The number of fused-ring (bicyclic) bond motifs is 1. The molecule has 4 aromatic rings. The molecule has 5 rings (SSSR count). The molecule has 2 aromatic heterocycles. The highest BCUT2D eigenvalue weighted by Crippen LogP contribution is 3.02. The summed E-state index contributed by atoms with van der Waals surface area (Å²) in [5, 5.41) is 11.2. The van der Waals surface area contributed by atoms with Gasteiger partial charge >= 0.3 is 10.2 Å². The van der Waals surface area contributed by atoms with Crippen LogP contribution in [0.5, 0.6) is 0 Å². The van der Waals surface area contributed by atoms with Crippen LogP contribution >= 0.6 is 10.2 Å². The van der Waals surface area contributed by atoms with Crippen LogP contribution in [0.15, 0.2) is 76.7 Å². The van der Waals surface area contributed by atoms with Gasteiger partial charge in [-0.2, -0.15) is 4.31 Å². The second-order valence-electron chi connectivity index (χ2n) is 10.2. The summed E-state index contributed by atoms with van der Waals surface area (Å²) in [5.74, 6) is 0.995. The van der Waals surface area contributed by atoms with Crippen LogP contribution < -0.4 is 5.32 Å². The molecule has 14 heteroatoms. The van der Waals surface area contributed by atoms with Gasteiger partial charge in [0.1, 0.15) is 10.7 Å².